The van der Waals surface area contributed by atoms with Crippen LogP contribution < -0.4 is 9.47 Å². The van der Waals surface area contributed by atoms with Gasteiger partial charge in [0.25, 0.3) is 0 Å². The van der Waals surface area contributed by atoms with Crippen molar-refractivity contribution in [3.05, 3.63) is 35.9 Å². The maximum absolute atomic E-state index is 5.85. The lowest BCUT2D eigenvalue weighted by Gasteiger charge is -2.24. The van der Waals surface area contributed by atoms with Gasteiger partial charge in [-0.05, 0) is 12.1 Å². The first-order valence-corrected chi connectivity index (χ1v) is 6.04. The molecule has 1 N–H and O–H groups in total. The van der Waals surface area contributed by atoms with Gasteiger partial charge in [-0.15, -0.1) is 0 Å². The number of ether oxygens (including phenoxy) is 2. The van der Waals surface area contributed by atoms with E-state index in [9.17, 15) is 0 Å². The van der Waals surface area contributed by atoms with Crippen LogP contribution in [0.4, 0.5) is 0 Å². The van der Waals surface area contributed by atoms with Crippen molar-refractivity contribution < 1.29 is 9.47 Å². The molecule has 3 rings (SSSR count). The van der Waals surface area contributed by atoms with E-state index in [1.807, 2.05) is 24.3 Å². The predicted molar refractivity (Wildman–Crippen MR) is 65.8 cm³/mol. The zero-order valence-corrected chi connectivity index (χ0v) is 10.4. The highest BCUT2D eigenvalue weighted by Gasteiger charge is 2.25. The fourth-order valence-electron chi connectivity index (χ4n) is 1.84. The van der Waals surface area contributed by atoms with Crippen molar-refractivity contribution in [1.82, 2.24) is 15.2 Å². The van der Waals surface area contributed by atoms with E-state index in [1.165, 1.54) is 0 Å². The second kappa shape index (κ2) is 4.33. The van der Waals surface area contributed by atoms with Crippen LogP contribution in [0.15, 0.2) is 24.3 Å². The standard InChI is InChI=1S/C13H15N3O2/c1-8(2)12-14-13(16-15-12)11-7-17-9-5-3-4-6-10(9)18-11/h3-6,8,11H,7H2,1-2H3,(H,14,15,16). The number of H-pyrrole nitrogens is 1. The average molecular weight is 245 g/mol. The van der Waals surface area contributed by atoms with Gasteiger partial charge in [0.05, 0.1) is 0 Å². The Morgan fingerprint density at radius 3 is 2.78 bits per heavy atom. The number of rotatable bonds is 2. The molecule has 1 unspecified atom stereocenters. The lowest BCUT2D eigenvalue weighted by atomic mass is 10.2. The SMILES string of the molecule is CC(C)c1n[nH]c(C2COc3ccccc3O2)n1. The molecule has 0 saturated carbocycles. The minimum atomic E-state index is -0.222. The van der Waals surface area contributed by atoms with Crippen molar-refractivity contribution in [1.29, 1.82) is 0 Å². The Labute approximate surface area is 105 Å². The molecule has 18 heavy (non-hydrogen) atoms. The van der Waals surface area contributed by atoms with Crippen LogP contribution in [0.3, 0.4) is 0 Å². The number of benzene rings is 1. The lowest BCUT2D eigenvalue weighted by molar-refractivity contribution is 0.0853. The van der Waals surface area contributed by atoms with Crippen LogP contribution in [0.1, 0.15) is 37.5 Å². The molecule has 5 heteroatoms. The van der Waals surface area contributed by atoms with Crippen LogP contribution in [0.5, 0.6) is 11.5 Å². The van der Waals surface area contributed by atoms with Gasteiger partial charge < -0.3 is 9.47 Å². The molecule has 0 radical (unpaired) electrons. The van der Waals surface area contributed by atoms with Gasteiger partial charge in [-0.3, -0.25) is 5.10 Å². The predicted octanol–water partition coefficient (Wildman–Crippen LogP) is 2.44. The van der Waals surface area contributed by atoms with Crippen molar-refractivity contribution in [2.24, 2.45) is 0 Å². The first-order valence-electron chi connectivity index (χ1n) is 6.04. The highest BCUT2D eigenvalue weighted by atomic mass is 16.6. The summed E-state index contributed by atoms with van der Waals surface area (Å²) in [6.07, 6.45) is -0.222. The summed E-state index contributed by atoms with van der Waals surface area (Å²) in [4.78, 5) is 4.43. The minimum absolute atomic E-state index is 0.222. The molecule has 1 atom stereocenters. The van der Waals surface area contributed by atoms with Crippen LogP contribution in [0, 0.1) is 0 Å². The Balaban J connectivity index is 1.83. The van der Waals surface area contributed by atoms with Crippen LogP contribution in [-0.4, -0.2) is 21.8 Å². The smallest absolute Gasteiger partial charge is 0.191 e. The molecule has 0 aliphatic carbocycles. The summed E-state index contributed by atoms with van der Waals surface area (Å²) < 4.78 is 11.5. The molecule has 1 aromatic heterocycles. The number of nitrogens with zero attached hydrogens (tertiary/aromatic N) is 2. The highest BCUT2D eigenvalue weighted by molar-refractivity contribution is 5.40. The number of nitrogens with one attached hydrogen (secondary N) is 1. The fraction of sp³-hybridized carbons (Fsp3) is 0.385. The van der Waals surface area contributed by atoms with Gasteiger partial charge in [0.1, 0.15) is 6.61 Å². The summed E-state index contributed by atoms with van der Waals surface area (Å²) in [5, 5.41) is 7.10. The van der Waals surface area contributed by atoms with Crippen molar-refractivity contribution in [2.75, 3.05) is 6.61 Å². The van der Waals surface area contributed by atoms with E-state index in [0.717, 1.165) is 17.3 Å². The van der Waals surface area contributed by atoms with Gasteiger partial charge in [-0.2, -0.15) is 5.10 Å². The molecule has 0 fully saturated rings. The highest BCUT2D eigenvalue weighted by Crippen LogP contribution is 2.35. The van der Waals surface area contributed by atoms with Crippen molar-refractivity contribution >= 4 is 0 Å². The molecule has 2 heterocycles. The number of hydrogen-bond acceptors (Lipinski definition) is 4. The Bertz CT molecular complexity index is 551. The topological polar surface area (TPSA) is 60.0 Å². The van der Waals surface area contributed by atoms with Crippen molar-refractivity contribution in [2.45, 2.75) is 25.9 Å². The van der Waals surface area contributed by atoms with Gasteiger partial charge in [0.2, 0.25) is 0 Å². The first-order chi connectivity index (χ1) is 8.74. The Hall–Kier alpha value is -2.04. The van der Waals surface area contributed by atoms with Crippen molar-refractivity contribution in [3.8, 4) is 11.5 Å². The van der Waals surface area contributed by atoms with Crippen LogP contribution >= 0.6 is 0 Å². The molecule has 0 saturated heterocycles. The third-order valence-corrected chi connectivity index (χ3v) is 2.85. The number of para-hydroxylation sites is 2. The summed E-state index contributed by atoms with van der Waals surface area (Å²) in [5.41, 5.74) is 0. The lowest BCUT2D eigenvalue weighted by Crippen LogP contribution is -2.22. The van der Waals surface area contributed by atoms with Gasteiger partial charge >= 0.3 is 0 Å². The van der Waals surface area contributed by atoms with E-state index < -0.39 is 0 Å². The molecule has 0 amide bonds. The zero-order valence-electron chi connectivity index (χ0n) is 10.4. The van der Waals surface area contributed by atoms with E-state index in [4.69, 9.17) is 9.47 Å². The Kier molecular flexibility index (Phi) is 2.66. The summed E-state index contributed by atoms with van der Waals surface area (Å²) in [6.45, 7) is 4.56. The molecule has 2 aromatic rings. The summed E-state index contributed by atoms with van der Waals surface area (Å²) in [5.74, 6) is 3.33. The molecule has 1 aromatic carbocycles. The average Bonchev–Trinajstić information content (AvgIpc) is 2.88. The number of aromatic nitrogens is 3. The van der Waals surface area contributed by atoms with E-state index in [1.54, 1.807) is 0 Å². The largest absolute Gasteiger partial charge is 0.485 e. The Morgan fingerprint density at radius 1 is 1.28 bits per heavy atom. The molecule has 0 bridgehead atoms. The maximum atomic E-state index is 5.85. The van der Waals surface area contributed by atoms with Gasteiger partial charge in [-0.25, -0.2) is 4.98 Å². The second-order valence-corrected chi connectivity index (χ2v) is 4.60. The van der Waals surface area contributed by atoms with Crippen LogP contribution in [0.25, 0.3) is 0 Å². The third-order valence-electron chi connectivity index (χ3n) is 2.85. The summed E-state index contributed by atoms with van der Waals surface area (Å²) >= 11 is 0. The quantitative estimate of drug-likeness (QED) is 0.882. The van der Waals surface area contributed by atoms with E-state index in [2.05, 4.69) is 29.0 Å². The van der Waals surface area contributed by atoms with Gasteiger partial charge in [-0.1, -0.05) is 26.0 Å². The first kappa shape index (κ1) is 11.1. The number of hydrogen-bond donors (Lipinski definition) is 1. The molecule has 94 valence electrons. The molecule has 0 spiro atoms. The normalized spacial score (nSPS) is 18.1. The van der Waals surface area contributed by atoms with E-state index >= 15 is 0 Å². The molecule has 1 aliphatic heterocycles. The van der Waals surface area contributed by atoms with Gasteiger partial charge in [0.15, 0.2) is 29.3 Å². The second-order valence-electron chi connectivity index (χ2n) is 4.60. The van der Waals surface area contributed by atoms with Crippen molar-refractivity contribution in [3.63, 3.8) is 0 Å². The molecule has 5 nitrogen and oxygen atoms in total. The number of fused-ring (bicyclic) bond motifs is 1. The fourth-order valence-corrected chi connectivity index (χ4v) is 1.84. The molecule has 1 aliphatic rings. The monoisotopic (exact) mass is 245 g/mol. The number of aromatic amines is 1. The maximum Gasteiger partial charge on any atom is 0.191 e. The summed E-state index contributed by atoms with van der Waals surface area (Å²) in [6, 6.07) is 7.63. The van der Waals surface area contributed by atoms with Crippen LogP contribution in [0.2, 0.25) is 0 Å². The Morgan fingerprint density at radius 2 is 2.06 bits per heavy atom. The summed E-state index contributed by atoms with van der Waals surface area (Å²) in [7, 11) is 0. The van der Waals surface area contributed by atoms with Crippen LogP contribution in [-0.2, 0) is 0 Å². The molecular weight excluding hydrogens is 230 g/mol. The van der Waals surface area contributed by atoms with Gasteiger partial charge in [0, 0.05) is 5.92 Å². The zero-order chi connectivity index (χ0) is 12.5. The third kappa shape index (κ3) is 1.92. The van der Waals surface area contributed by atoms with E-state index in [-0.39, 0.29) is 6.10 Å². The molecular formula is C13H15N3O2. The van der Waals surface area contributed by atoms with E-state index in [0.29, 0.717) is 18.3 Å². The minimum Gasteiger partial charge on any atom is -0.485 e.